The molecule has 0 aliphatic carbocycles. The fourth-order valence-corrected chi connectivity index (χ4v) is 3.21. The summed E-state index contributed by atoms with van der Waals surface area (Å²) in [5, 5.41) is 0. The number of nitrogens with zero attached hydrogens (tertiary/aromatic N) is 2. The molecular weight excluding hydrogens is 350 g/mol. The van der Waals surface area contributed by atoms with Crippen LogP contribution in [0.3, 0.4) is 0 Å². The van der Waals surface area contributed by atoms with Crippen LogP contribution < -0.4 is 10.5 Å². The molecule has 0 fully saturated rings. The molecular formula is C18H27N3O4Si. The van der Waals surface area contributed by atoms with Gasteiger partial charge in [-0.05, 0) is 24.2 Å². The number of hydrogen-bond acceptors (Lipinski definition) is 6. The number of nitrogens with two attached hydrogens (primary N) is 1. The van der Waals surface area contributed by atoms with E-state index in [1.807, 2.05) is 6.07 Å². The van der Waals surface area contributed by atoms with Crippen LogP contribution in [0.25, 0.3) is 11.3 Å². The Morgan fingerprint density at radius 3 is 2.58 bits per heavy atom. The summed E-state index contributed by atoms with van der Waals surface area (Å²) in [5.41, 5.74) is 8.08. The predicted molar refractivity (Wildman–Crippen MR) is 104 cm³/mol. The molecule has 0 amide bonds. The van der Waals surface area contributed by atoms with E-state index in [2.05, 4.69) is 24.6 Å². The molecule has 0 radical (unpaired) electrons. The van der Waals surface area contributed by atoms with E-state index < -0.39 is 14.0 Å². The van der Waals surface area contributed by atoms with Crippen molar-refractivity contribution in [2.45, 2.75) is 32.4 Å². The Morgan fingerprint density at radius 2 is 2.00 bits per heavy atom. The highest BCUT2D eigenvalue weighted by Crippen LogP contribution is 2.30. The van der Waals surface area contributed by atoms with E-state index in [0.29, 0.717) is 30.5 Å². The van der Waals surface area contributed by atoms with Gasteiger partial charge in [-0.1, -0.05) is 19.6 Å². The number of hydrogen-bond donors (Lipinski definition) is 1. The molecule has 26 heavy (non-hydrogen) atoms. The molecule has 2 N–H and O–H groups in total. The Bertz CT molecular complexity index is 768. The SMILES string of the molecule is COC(=O)c1ncn(COCC[Si](C)(C)C)c1-c1ccc(OC)c(N)c1. The third-order valence-electron chi connectivity index (χ3n) is 3.95. The molecule has 0 atom stereocenters. The highest BCUT2D eigenvalue weighted by atomic mass is 28.3. The number of nitrogen functional groups attached to an aromatic ring is 1. The minimum absolute atomic E-state index is 0.228. The average molecular weight is 378 g/mol. The Morgan fingerprint density at radius 1 is 1.27 bits per heavy atom. The van der Waals surface area contributed by atoms with Crippen LogP contribution in [0.2, 0.25) is 25.7 Å². The zero-order chi connectivity index (χ0) is 19.3. The van der Waals surface area contributed by atoms with Gasteiger partial charge in [0, 0.05) is 20.2 Å². The van der Waals surface area contributed by atoms with Crippen LogP contribution in [-0.2, 0) is 16.2 Å². The number of carbonyl (C=O) groups excluding carboxylic acids is 1. The van der Waals surface area contributed by atoms with Crippen LogP contribution in [0.5, 0.6) is 5.75 Å². The molecule has 0 bridgehead atoms. The largest absolute Gasteiger partial charge is 0.495 e. The number of carbonyl (C=O) groups is 1. The van der Waals surface area contributed by atoms with Crippen molar-refractivity contribution < 1.29 is 19.0 Å². The normalized spacial score (nSPS) is 11.4. The van der Waals surface area contributed by atoms with E-state index in [1.54, 1.807) is 30.1 Å². The molecule has 0 spiro atoms. The lowest BCUT2D eigenvalue weighted by atomic mass is 10.1. The van der Waals surface area contributed by atoms with Gasteiger partial charge in [-0.15, -0.1) is 0 Å². The average Bonchev–Trinajstić information content (AvgIpc) is 3.01. The minimum atomic E-state index is -1.16. The number of rotatable bonds is 8. The number of ether oxygens (including phenoxy) is 3. The molecule has 1 aromatic heterocycles. The second-order valence-corrected chi connectivity index (χ2v) is 12.8. The molecule has 0 saturated carbocycles. The highest BCUT2D eigenvalue weighted by Gasteiger charge is 2.21. The zero-order valence-corrected chi connectivity index (χ0v) is 17.0. The van der Waals surface area contributed by atoms with Crippen LogP contribution in [-0.4, -0.2) is 44.4 Å². The maximum atomic E-state index is 12.1. The van der Waals surface area contributed by atoms with E-state index >= 15 is 0 Å². The van der Waals surface area contributed by atoms with Crippen LogP contribution >= 0.6 is 0 Å². The summed E-state index contributed by atoms with van der Waals surface area (Å²) < 4.78 is 17.6. The van der Waals surface area contributed by atoms with Gasteiger partial charge >= 0.3 is 5.97 Å². The first-order chi connectivity index (χ1) is 12.3. The molecule has 1 heterocycles. The standard InChI is InChI=1S/C18H27N3O4Si/c1-23-15-7-6-13(10-14(15)19)17-16(18(22)24-2)20-11-21(17)12-25-8-9-26(3,4)5/h6-7,10-11H,8-9,12,19H2,1-5H3. The number of methoxy groups -OCH3 is 2. The summed E-state index contributed by atoms with van der Waals surface area (Å²) in [6.45, 7) is 7.87. The first-order valence-electron chi connectivity index (χ1n) is 8.42. The Labute approximate surface area is 155 Å². The molecule has 0 saturated heterocycles. The fraction of sp³-hybridized carbons (Fsp3) is 0.444. The number of aromatic nitrogens is 2. The topological polar surface area (TPSA) is 88.6 Å². The first-order valence-corrected chi connectivity index (χ1v) is 12.1. The lowest BCUT2D eigenvalue weighted by molar-refractivity contribution is 0.0594. The van der Waals surface area contributed by atoms with Crippen LogP contribution in [0.15, 0.2) is 24.5 Å². The van der Waals surface area contributed by atoms with Crippen molar-refractivity contribution in [3.05, 3.63) is 30.2 Å². The van der Waals surface area contributed by atoms with E-state index in [0.717, 1.165) is 11.6 Å². The Balaban J connectivity index is 2.31. The lowest BCUT2D eigenvalue weighted by Crippen LogP contribution is -2.22. The summed E-state index contributed by atoms with van der Waals surface area (Å²) in [6, 6.07) is 6.41. The number of anilines is 1. The number of benzene rings is 1. The zero-order valence-electron chi connectivity index (χ0n) is 16.0. The third-order valence-corrected chi connectivity index (χ3v) is 5.65. The predicted octanol–water partition coefficient (Wildman–Crippen LogP) is 3.24. The lowest BCUT2D eigenvalue weighted by Gasteiger charge is -2.16. The second-order valence-electron chi connectivity index (χ2n) is 7.21. The van der Waals surface area contributed by atoms with Gasteiger partial charge in [0.05, 0.1) is 31.9 Å². The van der Waals surface area contributed by atoms with Gasteiger partial charge in [-0.25, -0.2) is 9.78 Å². The van der Waals surface area contributed by atoms with Crippen molar-refractivity contribution in [1.29, 1.82) is 0 Å². The van der Waals surface area contributed by atoms with E-state index in [1.165, 1.54) is 7.11 Å². The van der Waals surface area contributed by atoms with Crippen LogP contribution in [0.1, 0.15) is 10.5 Å². The fourth-order valence-electron chi connectivity index (χ4n) is 2.45. The maximum absolute atomic E-state index is 12.1. The summed E-state index contributed by atoms with van der Waals surface area (Å²) in [4.78, 5) is 16.3. The molecule has 0 unspecified atom stereocenters. The first kappa shape index (κ1) is 20.0. The molecule has 0 aliphatic rings. The monoisotopic (exact) mass is 377 g/mol. The molecule has 1 aromatic carbocycles. The van der Waals surface area contributed by atoms with Gasteiger partial charge in [0.15, 0.2) is 5.69 Å². The maximum Gasteiger partial charge on any atom is 0.358 e. The van der Waals surface area contributed by atoms with Crippen molar-refractivity contribution in [1.82, 2.24) is 9.55 Å². The van der Waals surface area contributed by atoms with Crippen molar-refractivity contribution in [3.8, 4) is 17.0 Å². The van der Waals surface area contributed by atoms with Gasteiger partial charge in [0.2, 0.25) is 0 Å². The van der Waals surface area contributed by atoms with Gasteiger partial charge in [0.25, 0.3) is 0 Å². The van der Waals surface area contributed by atoms with Crippen molar-refractivity contribution in [2.24, 2.45) is 0 Å². The summed E-state index contributed by atoms with van der Waals surface area (Å²) >= 11 is 0. The number of imidazole rings is 1. The van der Waals surface area contributed by atoms with Crippen molar-refractivity contribution in [3.63, 3.8) is 0 Å². The van der Waals surface area contributed by atoms with Crippen LogP contribution in [0, 0.1) is 0 Å². The molecule has 142 valence electrons. The number of esters is 1. The summed E-state index contributed by atoms with van der Waals surface area (Å²) in [5.74, 6) is 0.0704. The molecule has 7 nitrogen and oxygen atoms in total. The highest BCUT2D eigenvalue weighted by molar-refractivity contribution is 6.76. The van der Waals surface area contributed by atoms with Crippen molar-refractivity contribution >= 4 is 19.7 Å². The van der Waals surface area contributed by atoms with E-state index in [4.69, 9.17) is 19.9 Å². The van der Waals surface area contributed by atoms with Gasteiger partial charge in [-0.3, -0.25) is 0 Å². The quantitative estimate of drug-likeness (QED) is 0.329. The molecule has 0 aliphatic heterocycles. The van der Waals surface area contributed by atoms with Gasteiger partial charge in [-0.2, -0.15) is 0 Å². The molecule has 2 aromatic rings. The Kier molecular flexibility index (Phi) is 6.44. The van der Waals surface area contributed by atoms with E-state index in [-0.39, 0.29) is 5.69 Å². The summed E-state index contributed by atoms with van der Waals surface area (Å²) in [6.07, 6.45) is 1.58. The van der Waals surface area contributed by atoms with Crippen LogP contribution in [0.4, 0.5) is 5.69 Å². The summed E-state index contributed by atoms with van der Waals surface area (Å²) in [7, 11) is 1.72. The second kappa shape index (κ2) is 8.37. The van der Waals surface area contributed by atoms with Gasteiger partial charge in [0.1, 0.15) is 12.5 Å². The van der Waals surface area contributed by atoms with Crippen molar-refractivity contribution in [2.75, 3.05) is 26.6 Å². The smallest absolute Gasteiger partial charge is 0.358 e. The Hall–Kier alpha value is -2.32. The van der Waals surface area contributed by atoms with Gasteiger partial charge < -0.3 is 24.5 Å². The minimum Gasteiger partial charge on any atom is -0.495 e. The third kappa shape index (κ3) is 4.86. The molecule has 2 rings (SSSR count). The molecule has 8 heteroatoms. The van der Waals surface area contributed by atoms with E-state index in [9.17, 15) is 4.79 Å².